The summed E-state index contributed by atoms with van der Waals surface area (Å²) < 4.78 is 0. The molecule has 0 amide bonds. The zero-order valence-electron chi connectivity index (χ0n) is 7.78. The monoisotopic (exact) mass is 209 g/mol. The van der Waals surface area contributed by atoms with Gasteiger partial charge in [-0.3, -0.25) is 4.98 Å². The number of aromatic nitrogens is 1. The van der Waals surface area contributed by atoms with Crippen molar-refractivity contribution in [2.45, 2.75) is 18.5 Å². The lowest BCUT2D eigenvalue weighted by molar-refractivity contribution is 0.580. The lowest BCUT2D eigenvalue weighted by Gasteiger charge is -2.29. The highest BCUT2D eigenvalue weighted by atomic mass is 35.5. The van der Waals surface area contributed by atoms with Gasteiger partial charge in [0.25, 0.3) is 0 Å². The Morgan fingerprint density at radius 2 is 2.50 bits per heavy atom. The van der Waals surface area contributed by atoms with Crippen molar-refractivity contribution in [2.75, 3.05) is 18.0 Å². The first-order valence-corrected chi connectivity index (χ1v) is 5.32. The quantitative estimate of drug-likeness (QED) is 0.756. The van der Waals surface area contributed by atoms with Crippen LogP contribution in [0.15, 0.2) is 18.5 Å². The minimum atomic E-state index is 0.625. The number of nitrogens with zero attached hydrogens (tertiary/aromatic N) is 2. The van der Waals surface area contributed by atoms with Crippen LogP contribution in [0.2, 0.25) is 5.02 Å². The molecule has 0 aliphatic carbocycles. The number of anilines is 1. The van der Waals surface area contributed by atoms with Crippen LogP contribution in [-0.4, -0.2) is 30.2 Å². The fourth-order valence-corrected chi connectivity index (χ4v) is 2.68. The summed E-state index contributed by atoms with van der Waals surface area (Å²) in [5.41, 5.74) is 1.13. The molecule has 4 heteroatoms. The Morgan fingerprint density at radius 1 is 1.57 bits per heavy atom. The normalized spacial score (nSPS) is 29.9. The summed E-state index contributed by atoms with van der Waals surface area (Å²) in [5.74, 6) is 0. The number of piperazine rings is 1. The molecule has 0 saturated carbocycles. The highest BCUT2D eigenvalue weighted by molar-refractivity contribution is 6.33. The van der Waals surface area contributed by atoms with Crippen LogP contribution in [0.3, 0.4) is 0 Å². The van der Waals surface area contributed by atoms with Crippen LogP contribution in [0, 0.1) is 0 Å². The number of halogens is 1. The third-order valence-electron chi connectivity index (χ3n) is 3.12. The van der Waals surface area contributed by atoms with Crippen LogP contribution in [0.5, 0.6) is 0 Å². The summed E-state index contributed by atoms with van der Waals surface area (Å²) in [6.07, 6.45) is 4.77. The molecule has 14 heavy (non-hydrogen) atoms. The molecular weight excluding hydrogens is 198 g/mol. The van der Waals surface area contributed by atoms with Gasteiger partial charge < -0.3 is 10.2 Å². The Kier molecular flexibility index (Phi) is 1.89. The van der Waals surface area contributed by atoms with Crippen LogP contribution >= 0.6 is 11.6 Å². The van der Waals surface area contributed by atoms with E-state index in [2.05, 4.69) is 15.2 Å². The second-order valence-corrected chi connectivity index (χ2v) is 4.38. The van der Waals surface area contributed by atoms with E-state index >= 15 is 0 Å². The molecule has 0 spiro atoms. The fraction of sp³-hybridized carbons (Fsp3) is 0.500. The Labute approximate surface area is 88.1 Å². The first-order chi connectivity index (χ1) is 6.84. The second kappa shape index (κ2) is 3.11. The summed E-state index contributed by atoms with van der Waals surface area (Å²) in [7, 11) is 0. The predicted molar refractivity (Wildman–Crippen MR) is 56.8 cm³/mol. The summed E-state index contributed by atoms with van der Waals surface area (Å²) in [6.45, 7) is 2.16. The topological polar surface area (TPSA) is 28.2 Å². The van der Waals surface area contributed by atoms with E-state index in [1.165, 1.54) is 6.42 Å². The van der Waals surface area contributed by atoms with Gasteiger partial charge in [-0.15, -0.1) is 0 Å². The number of fused-ring (bicyclic) bond motifs is 2. The molecule has 0 radical (unpaired) electrons. The Bertz CT molecular complexity index is 355. The highest BCUT2D eigenvalue weighted by Gasteiger charge is 2.38. The van der Waals surface area contributed by atoms with Crippen LogP contribution < -0.4 is 10.2 Å². The maximum atomic E-state index is 6.12. The molecule has 1 aromatic rings. The van der Waals surface area contributed by atoms with E-state index in [4.69, 9.17) is 11.6 Å². The molecular formula is C10H12ClN3. The number of rotatable bonds is 1. The van der Waals surface area contributed by atoms with Crippen molar-refractivity contribution in [3.8, 4) is 0 Å². The summed E-state index contributed by atoms with van der Waals surface area (Å²) in [6, 6.07) is 3.28. The number of nitrogens with one attached hydrogen (secondary N) is 1. The molecule has 3 rings (SSSR count). The lowest BCUT2D eigenvalue weighted by atomic mass is 10.2. The molecule has 74 valence electrons. The smallest absolute Gasteiger partial charge is 0.0822 e. The van der Waals surface area contributed by atoms with Gasteiger partial charge in [0.1, 0.15) is 0 Å². The zero-order valence-corrected chi connectivity index (χ0v) is 8.54. The van der Waals surface area contributed by atoms with E-state index in [0.29, 0.717) is 12.1 Å². The summed E-state index contributed by atoms with van der Waals surface area (Å²) in [5, 5.41) is 4.24. The summed E-state index contributed by atoms with van der Waals surface area (Å²) >= 11 is 6.12. The van der Waals surface area contributed by atoms with Crippen molar-refractivity contribution in [2.24, 2.45) is 0 Å². The van der Waals surface area contributed by atoms with Gasteiger partial charge in [-0.05, 0) is 12.5 Å². The standard InChI is InChI=1S/C10H12ClN3/c11-9-5-12-2-1-10(9)14-6-7-3-8(14)4-13-7/h1-2,5,7-8,13H,3-4,6H2. The molecule has 3 heterocycles. The first-order valence-electron chi connectivity index (χ1n) is 4.94. The third kappa shape index (κ3) is 1.20. The largest absolute Gasteiger partial charge is 0.364 e. The Hall–Kier alpha value is -0.800. The average Bonchev–Trinajstić information content (AvgIpc) is 2.79. The second-order valence-electron chi connectivity index (χ2n) is 3.97. The first kappa shape index (κ1) is 8.50. The van der Waals surface area contributed by atoms with Crippen molar-refractivity contribution in [1.29, 1.82) is 0 Å². The van der Waals surface area contributed by atoms with Gasteiger partial charge in [0, 0.05) is 37.6 Å². The minimum Gasteiger partial charge on any atom is -0.364 e. The molecule has 2 saturated heterocycles. The van der Waals surface area contributed by atoms with Gasteiger partial charge in [0.05, 0.1) is 10.7 Å². The lowest BCUT2D eigenvalue weighted by Crippen LogP contribution is -2.43. The van der Waals surface area contributed by atoms with Crippen LogP contribution in [0.1, 0.15) is 6.42 Å². The molecule has 1 aromatic heterocycles. The molecule has 2 unspecified atom stereocenters. The van der Waals surface area contributed by atoms with E-state index < -0.39 is 0 Å². The van der Waals surface area contributed by atoms with Crippen molar-refractivity contribution in [3.05, 3.63) is 23.5 Å². The van der Waals surface area contributed by atoms with E-state index in [-0.39, 0.29) is 0 Å². The number of hydrogen-bond donors (Lipinski definition) is 1. The van der Waals surface area contributed by atoms with E-state index in [9.17, 15) is 0 Å². The Balaban J connectivity index is 1.93. The van der Waals surface area contributed by atoms with Gasteiger partial charge >= 0.3 is 0 Å². The SMILES string of the molecule is Clc1cnccc1N1CC2CC1CN2. The molecule has 2 bridgehead atoms. The van der Waals surface area contributed by atoms with E-state index in [0.717, 1.165) is 23.8 Å². The van der Waals surface area contributed by atoms with Gasteiger partial charge in [0.2, 0.25) is 0 Å². The molecule has 2 aliphatic heterocycles. The average molecular weight is 210 g/mol. The molecule has 2 atom stereocenters. The van der Waals surface area contributed by atoms with Crippen LogP contribution in [0.25, 0.3) is 0 Å². The highest BCUT2D eigenvalue weighted by Crippen LogP contribution is 2.33. The van der Waals surface area contributed by atoms with E-state index in [1.54, 1.807) is 12.4 Å². The predicted octanol–water partition coefficient (Wildman–Crippen LogP) is 1.29. The molecule has 2 fully saturated rings. The van der Waals surface area contributed by atoms with Crippen molar-refractivity contribution >= 4 is 17.3 Å². The maximum absolute atomic E-state index is 6.12. The van der Waals surface area contributed by atoms with Gasteiger partial charge in [-0.25, -0.2) is 0 Å². The van der Waals surface area contributed by atoms with Gasteiger partial charge in [0.15, 0.2) is 0 Å². The van der Waals surface area contributed by atoms with Crippen molar-refractivity contribution in [3.63, 3.8) is 0 Å². The van der Waals surface area contributed by atoms with E-state index in [1.807, 2.05) is 6.07 Å². The molecule has 1 N–H and O–H groups in total. The molecule has 3 nitrogen and oxygen atoms in total. The van der Waals surface area contributed by atoms with Crippen LogP contribution in [0.4, 0.5) is 5.69 Å². The summed E-state index contributed by atoms with van der Waals surface area (Å²) in [4.78, 5) is 6.40. The minimum absolute atomic E-state index is 0.625. The Morgan fingerprint density at radius 3 is 3.14 bits per heavy atom. The fourth-order valence-electron chi connectivity index (χ4n) is 2.46. The van der Waals surface area contributed by atoms with Gasteiger partial charge in [-0.1, -0.05) is 11.6 Å². The van der Waals surface area contributed by atoms with Crippen molar-refractivity contribution < 1.29 is 0 Å². The maximum Gasteiger partial charge on any atom is 0.0822 e. The van der Waals surface area contributed by atoms with Crippen molar-refractivity contribution in [1.82, 2.24) is 10.3 Å². The van der Waals surface area contributed by atoms with Crippen LogP contribution in [-0.2, 0) is 0 Å². The van der Waals surface area contributed by atoms with Gasteiger partial charge in [-0.2, -0.15) is 0 Å². The zero-order chi connectivity index (χ0) is 9.54. The molecule has 0 aromatic carbocycles. The number of pyridine rings is 1. The third-order valence-corrected chi connectivity index (χ3v) is 3.41. The molecule has 2 aliphatic rings. The number of hydrogen-bond acceptors (Lipinski definition) is 3.